The summed E-state index contributed by atoms with van der Waals surface area (Å²) in [5, 5.41) is 0. The molecule has 0 amide bonds. The predicted octanol–water partition coefficient (Wildman–Crippen LogP) is 4.15. The number of unbranched alkanes of at least 4 members (excludes halogenated alkanes) is 7. The van der Waals surface area contributed by atoms with E-state index in [1.54, 1.807) is 0 Å². The van der Waals surface area contributed by atoms with Crippen LogP contribution in [0.2, 0.25) is 0 Å². The summed E-state index contributed by atoms with van der Waals surface area (Å²) in [6.45, 7) is 9.77. The molecule has 0 heterocycles. The van der Waals surface area contributed by atoms with Crippen LogP contribution in [-0.2, 0) is 0 Å². The minimum absolute atomic E-state index is 0.802. The minimum atomic E-state index is 0.802. The highest BCUT2D eigenvalue weighted by molar-refractivity contribution is 4.60. The molecule has 0 aromatic heterocycles. The van der Waals surface area contributed by atoms with Gasteiger partial charge >= 0.3 is 0 Å². The van der Waals surface area contributed by atoms with Gasteiger partial charge in [-0.05, 0) is 57.9 Å². The molecule has 0 bridgehead atoms. The minimum Gasteiger partial charge on any atom is -0.330 e. The predicted molar refractivity (Wildman–Crippen MR) is 100 cm³/mol. The second kappa shape index (κ2) is 17.2. The quantitative estimate of drug-likeness (QED) is 0.397. The molecule has 134 valence electrons. The molecule has 0 saturated heterocycles. The van der Waals surface area contributed by atoms with Gasteiger partial charge in [-0.1, -0.05) is 65.2 Å². The Balaban J connectivity index is 3.36. The van der Waals surface area contributed by atoms with Gasteiger partial charge in [0.2, 0.25) is 0 Å². The van der Waals surface area contributed by atoms with Crippen LogP contribution in [0.5, 0.6) is 0 Å². The summed E-state index contributed by atoms with van der Waals surface area (Å²) in [5.41, 5.74) is 11.2. The Kier molecular flexibility index (Phi) is 17.1. The summed E-state index contributed by atoms with van der Waals surface area (Å²) in [4.78, 5) is 2.55. The summed E-state index contributed by atoms with van der Waals surface area (Å²) in [6, 6.07) is 0. The third kappa shape index (κ3) is 16.3. The van der Waals surface area contributed by atoms with Gasteiger partial charge in [-0.25, -0.2) is 0 Å². The SMILES string of the molecule is CC(C)CCCCCCCCCCN(CCCN)CCCN. The van der Waals surface area contributed by atoms with Gasteiger partial charge in [-0.3, -0.25) is 0 Å². The molecule has 0 rings (SSSR count). The first-order valence-electron chi connectivity index (χ1n) is 9.83. The smallest absolute Gasteiger partial charge is 0.000671 e. The van der Waals surface area contributed by atoms with Gasteiger partial charge < -0.3 is 16.4 Å². The van der Waals surface area contributed by atoms with Crippen LogP contribution in [0.1, 0.15) is 84.5 Å². The van der Waals surface area contributed by atoms with Crippen LogP contribution in [0.4, 0.5) is 0 Å². The van der Waals surface area contributed by atoms with E-state index in [1.807, 2.05) is 0 Å². The lowest BCUT2D eigenvalue weighted by Crippen LogP contribution is -2.29. The normalized spacial score (nSPS) is 11.7. The molecular weight excluding hydrogens is 270 g/mol. The van der Waals surface area contributed by atoms with Crippen molar-refractivity contribution in [3.63, 3.8) is 0 Å². The molecule has 0 aromatic rings. The summed E-state index contributed by atoms with van der Waals surface area (Å²) < 4.78 is 0. The van der Waals surface area contributed by atoms with E-state index in [4.69, 9.17) is 11.5 Å². The van der Waals surface area contributed by atoms with Crippen molar-refractivity contribution in [2.75, 3.05) is 32.7 Å². The Labute approximate surface area is 140 Å². The molecule has 0 saturated carbocycles. The summed E-state index contributed by atoms with van der Waals surface area (Å²) in [7, 11) is 0. The van der Waals surface area contributed by atoms with E-state index in [-0.39, 0.29) is 0 Å². The Morgan fingerprint density at radius 2 is 1.00 bits per heavy atom. The van der Waals surface area contributed by atoms with Gasteiger partial charge in [-0.2, -0.15) is 0 Å². The highest BCUT2D eigenvalue weighted by atomic mass is 15.1. The lowest BCUT2D eigenvalue weighted by Gasteiger charge is -2.21. The summed E-state index contributed by atoms with van der Waals surface area (Å²) in [6.07, 6.45) is 14.9. The van der Waals surface area contributed by atoms with Crippen molar-refractivity contribution in [2.24, 2.45) is 17.4 Å². The van der Waals surface area contributed by atoms with Crippen LogP contribution in [0.15, 0.2) is 0 Å². The van der Waals surface area contributed by atoms with E-state index in [0.29, 0.717) is 0 Å². The summed E-state index contributed by atoms with van der Waals surface area (Å²) in [5.74, 6) is 0.876. The maximum Gasteiger partial charge on any atom is -0.000671 e. The first-order valence-corrected chi connectivity index (χ1v) is 9.83. The Morgan fingerprint density at radius 3 is 1.45 bits per heavy atom. The van der Waals surface area contributed by atoms with Crippen LogP contribution < -0.4 is 11.5 Å². The number of hydrogen-bond donors (Lipinski definition) is 2. The number of nitrogens with two attached hydrogens (primary N) is 2. The number of rotatable bonds is 17. The fourth-order valence-electron chi connectivity index (χ4n) is 2.91. The molecule has 0 spiro atoms. The van der Waals surface area contributed by atoms with Gasteiger partial charge in [0.25, 0.3) is 0 Å². The van der Waals surface area contributed by atoms with Crippen molar-refractivity contribution in [3.8, 4) is 0 Å². The van der Waals surface area contributed by atoms with E-state index in [1.165, 1.54) is 64.3 Å². The van der Waals surface area contributed by atoms with Gasteiger partial charge in [0.05, 0.1) is 0 Å². The molecule has 0 aliphatic heterocycles. The molecule has 3 heteroatoms. The molecule has 0 aliphatic rings. The van der Waals surface area contributed by atoms with Crippen LogP contribution in [-0.4, -0.2) is 37.6 Å². The molecule has 4 N–H and O–H groups in total. The van der Waals surface area contributed by atoms with Crippen molar-refractivity contribution in [1.82, 2.24) is 4.90 Å². The van der Waals surface area contributed by atoms with Gasteiger partial charge in [-0.15, -0.1) is 0 Å². The summed E-state index contributed by atoms with van der Waals surface area (Å²) >= 11 is 0. The van der Waals surface area contributed by atoms with E-state index in [0.717, 1.165) is 44.9 Å². The molecule has 3 nitrogen and oxygen atoms in total. The number of nitrogens with zero attached hydrogens (tertiary/aromatic N) is 1. The van der Waals surface area contributed by atoms with Crippen molar-refractivity contribution < 1.29 is 0 Å². The molecule has 0 atom stereocenters. The average molecular weight is 314 g/mol. The maximum absolute atomic E-state index is 5.61. The molecule has 0 unspecified atom stereocenters. The highest BCUT2D eigenvalue weighted by Gasteiger charge is 2.03. The highest BCUT2D eigenvalue weighted by Crippen LogP contribution is 2.12. The van der Waals surface area contributed by atoms with Crippen LogP contribution in [0.25, 0.3) is 0 Å². The van der Waals surface area contributed by atoms with Crippen molar-refractivity contribution in [3.05, 3.63) is 0 Å². The zero-order chi connectivity index (χ0) is 16.5. The molecule has 0 aromatic carbocycles. The Morgan fingerprint density at radius 1 is 0.591 bits per heavy atom. The second-order valence-corrected chi connectivity index (χ2v) is 7.14. The zero-order valence-corrected chi connectivity index (χ0v) is 15.5. The molecule has 0 fully saturated rings. The van der Waals surface area contributed by atoms with Crippen molar-refractivity contribution >= 4 is 0 Å². The first-order chi connectivity index (χ1) is 10.7. The third-order valence-corrected chi connectivity index (χ3v) is 4.36. The van der Waals surface area contributed by atoms with E-state index in [2.05, 4.69) is 18.7 Å². The van der Waals surface area contributed by atoms with Crippen LogP contribution in [0, 0.1) is 5.92 Å². The van der Waals surface area contributed by atoms with Gasteiger partial charge in [0.1, 0.15) is 0 Å². The van der Waals surface area contributed by atoms with Crippen LogP contribution in [0.3, 0.4) is 0 Å². The van der Waals surface area contributed by atoms with Crippen LogP contribution >= 0.6 is 0 Å². The fraction of sp³-hybridized carbons (Fsp3) is 1.00. The second-order valence-electron chi connectivity index (χ2n) is 7.14. The molecular formula is C19H43N3. The zero-order valence-electron chi connectivity index (χ0n) is 15.5. The first kappa shape index (κ1) is 21.9. The molecule has 0 radical (unpaired) electrons. The van der Waals surface area contributed by atoms with E-state index >= 15 is 0 Å². The monoisotopic (exact) mass is 313 g/mol. The Bertz CT molecular complexity index is 199. The molecule has 22 heavy (non-hydrogen) atoms. The molecule has 0 aliphatic carbocycles. The maximum atomic E-state index is 5.61. The van der Waals surface area contributed by atoms with Gasteiger partial charge in [0.15, 0.2) is 0 Å². The standard InChI is InChI=1S/C19H43N3/c1-19(2)13-9-7-5-3-4-6-8-10-16-22(17-11-14-20)18-12-15-21/h19H,3-18,20-21H2,1-2H3. The third-order valence-electron chi connectivity index (χ3n) is 4.36. The van der Waals surface area contributed by atoms with E-state index < -0.39 is 0 Å². The topological polar surface area (TPSA) is 55.3 Å². The van der Waals surface area contributed by atoms with Crippen molar-refractivity contribution in [1.29, 1.82) is 0 Å². The Hall–Kier alpha value is -0.120. The van der Waals surface area contributed by atoms with Crippen molar-refractivity contribution in [2.45, 2.75) is 84.5 Å². The lowest BCUT2D eigenvalue weighted by atomic mass is 10.0. The van der Waals surface area contributed by atoms with Gasteiger partial charge in [0, 0.05) is 0 Å². The fourth-order valence-corrected chi connectivity index (χ4v) is 2.91. The largest absolute Gasteiger partial charge is 0.330 e. The van der Waals surface area contributed by atoms with E-state index in [9.17, 15) is 0 Å². The number of hydrogen-bond acceptors (Lipinski definition) is 3. The average Bonchev–Trinajstić information content (AvgIpc) is 2.50. The lowest BCUT2D eigenvalue weighted by molar-refractivity contribution is 0.263.